The minimum Gasteiger partial charge on any atom is -0.497 e. The van der Waals surface area contributed by atoms with Crippen LogP contribution in [-0.2, 0) is 17.8 Å². The Morgan fingerprint density at radius 2 is 1.46 bits per heavy atom. The molecule has 0 unspecified atom stereocenters. The third kappa shape index (κ3) is 6.95. The normalized spacial score (nSPS) is 10.4. The Bertz CT molecular complexity index is 1350. The molecule has 7 heteroatoms. The van der Waals surface area contributed by atoms with Gasteiger partial charge in [0.1, 0.15) is 17.2 Å². The Kier molecular flexibility index (Phi) is 8.49. The van der Waals surface area contributed by atoms with Crippen LogP contribution < -0.4 is 20.1 Å². The van der Waals surface area contributed by atoms with Crippen LogP contribution in [-0.4, -0.2) is 31.0 Å². The maximum absolute atomic E-state index is 12.8. The number of rotatable bonds is 10. The monoisotopic (exact) mass is 495 g/mol. The molecule has 0 spiro atoms. The van der Waals surface area contributed by atoms with Gasteiger partial charge in [0.05, 0.1) is 19.9 Å². The van der Waals surface area contributed by atoms with Crippen LogP contribution in [0.15, 0.2) is 91.0 Å². The number of aromatic nitrogens is 1. The Morgan fingerprint density at radius 3 is 2.16 bits per heavy atom. The number of nitrogens with one attached hydrogen (secondary N) is 2. The largest absolute Gasteiger partial charge is 0.497 e. The summed E-state index contributed by atoms with van der Waals surface area (Å²) >= 11 is 0. The smallest absolute Gasteiger partial charge is 0.274 e. The van der Waals surface area contributed by atoms with E-state index in [2.05, 4.69) is 15.6 Å². The lowest BCUT2D eigenvalue weighted by atomic mass is 10.0. The minimum absolute atomic E-state index is 0.0359. The number of pyridine rings is 1. The van der Waals surface area contributed by atoms with Crippen molar-refractivity contribution in [1.82, 2.24) is 10.3 Å². The first-order chi connectivity index (χ1) is 18.1. The standard InChI is InChI=1S/C30H29N3O4/c1-36-24-15-10-21(11-16-24)12-19-29(34)31-20-22-6-3-4-7-26(22)27-8-5-9-28(33-27)30(35)32-23-13-17-25(37-2)18-14-23/h3-11,13-18H,12,19-20H2,1-2H3,(H,31,34)(H,32,35). The summed E-state index contributed by atoms with van der Waals surface area (Å²) in [6.45, 7) is 0.363. The zero-order chi connectivity index (χ0) is 26.0. The van der Waals surface area contributed by atoms with Gasteiger partial charge in [0, 0.05) is 24.2 Å². The molecule has 7 nitrogen and oxygen atoms in total. The second-order valence-corrected chi connectivity index (χ2v) is 8.37. The molecule has 0 saturated carbocycles. The molecule has 4 aromatic rings. The molecule has 1 heterocycles. The molecule has 2 amide bonds. The molecule has 0 atom stereocenters. The number of nitrogens with zero attached hydrogens (tertiary/aromatic N) is 1. The lowest BCUT2D eigenvalue weighted by Gasteiger charge is -2.12. The fraction of sp³-hybridized carbons (Fsp3) is 0.167. The molecule has 3 aromatic carbocycles. The molecular weight excluding hydrogens is 466 g/mol. The molecule has 0 aliphatic carbocycles. The van der Waals surface area contributed by atoms with Gasteiger partial charge in [0.2, 0.25) is 5.91 Å². The summed E-state index contributed by atoms with van der Waals surface area (Å²) in [5.41, 5.74) is 4.45. The SMILES string of the molecule is COc1ccc(CCC(=O)NCc2ccccc2-c2cccc(C(=O)Nc3ccc(OC)cc3)n2)cc1. The highest BCUT2D eigenvalue weighted by Gasteiger charge is 2.12. The Labute approximate surface area is 216 Å². The van der Waals surface area contributed by atoms with Gasteiger partial charge >= 0.3 is 0 Å². The van der Waals surface area contributed by atoms with Gasteiger partial charge < -0.3 is 20.1 Å². The van der Waals surface area contributed by atoms with E-state index in [-0.39, 0.29) is 11.8 Å². The molecule has 0 bridgehead atoms. The number of hydrogen-bond acceptors (Lipinski definition) is 5. The summed E-state index contributed by atoms with van der Waals surface area (Å²) in [6, 6.07) is 27.9. The molecule has 188 valence electrons. The zero-order valence-corrected chi connectivity index (χ0v) is 20.9. The summed E-state index contributed by atoms with van der Waals surface area (Å²) in [7, 11) is 3.22. The van der Waals surface area contributed by atoms with Crippen molar-refractivity contribution in [2.75, 3.05) is 19.5 Å². The van der Waals surface area contributed by atoms with Gasteiger partial charge in [-0.1, -0.05) is 42.5 Å². The van der Waals surface area contributed by atoms with Crippen LogP contribution in [0.3, 0.4) is 0 Å². The predicted molar refractivity (Wildman–Crippen MR) is 144 cm³/mol. The molecule has 4 rings (SSSR count). The van der Waals surface area contributed by atoms with Crippen LogP contribution in [0.1, 0.15) is 28.0 Å². The third-order valence-electron chi connectivity index (χ3n) is 5.90. The number of ether oxygens (including phenoxy) is 2. The van der Waals surface area contributed by atoms with Gasteiger partial charge in [-0.25, -0.2) is 4.98 Å². The van der Waals surface area contributed by atoms with Crippen molar-refractivity contribution in [2.45, 2.75) is 19.4 Å². The van der Waals surface area contributed by atoms with Crippen LogP contribution >= 0.6 is 0 Å². The van der Waals surface area contributed by atoms with Gasteiger partial charge in [0.15, 0.2) is 0 Å². The highest BCUT2D eigenvalue weighted by Crippen LogP contribution is 2.23. The number of benzene rings is 3. The van der Waals surface area contributed by atoms with Crippen molar-refractivity contribution in [3.8, 4) is 22.8 Å². The second-order valence-electron chi connectivity index (χ2n) is 8.37. The Balaban J connectivity index is 1.39. The van der Waals surface area contributed by atoms with E-state index >= 15 is 0 Å². The number of hydrogen-bond donors (Lipinski definition) is 2. The zero-order valence-electron chi connectivity index (χ0n) is 20.9. The second kappa shape index (κ2) is 12.4. The molecule has 0 aliphatic rings. The average Bonchev–Trinajstić information content (AvgIpc) is 2.96. The summed E-state index contributed by atoms with van der Waals surface area (Å²) in [6.07, 6.45) is 1.03. The molecule has 0 radical (unpaired) electrons. The van der Waals surface area contributed by atoms with Crippen LogP contribution in [0.5, 0.6) is 11.5 Å². The quantitative estimate of drug-likeness (QED) is 0.313. The predicted octanol–water partition coefficient (Wildman–Crippen LogP) is 5.27. The van der Waals surface area contributed by atoms with E-state index in [1.54, 1.807) is 50.6 Å². The first-order valence-corrected chi connectivity index (χ1v) is 12.0. The highest BCUT2D eigenvalue weighted by atomic mass is 16.5. The van der Waals surface area contributed by atoms with Crippen LogP contribution in [0.25, 0.3) is 11.3 Å². The van der Waals surface area contributed by atoms with Crippen LogP contribution in [0.2, 0.25) is 0 Å². The molecule has 1 aromatic heterocycles. The number of methoxy groups -OCH3 is 2. The maximum Gasteiger partial charge on any atom is 0.274 e. The third-order valence-corrected chi connectivity index (χ3v) is 5.90. The van der Waals surface area contributed by atoms with E-state index in [0.29, 0.717) is 42.2 Å². The van der Waals surface area contributed by atoms with E-state index in [4.69, 9.17) is 9.47 Å². The lowest BCUT2D eigenvalue weighted by molar-refractivity contribution is -0.121. The lowest BCUT2D eigenvalue weighted by Crippen LogP contribution is -2.23. The van der Waals surface area contributed by atoms with E-state index in [1.807, 2.05) is 54.6 Å². The van der Waals surface area contributed by atoms with E-state index in [0.717, 1.165) is 22.4 Å². The van der Waals surface area contributed by atoms with Crippen molar-refractivity contribution in [3.05, 3.63) is 108 Å². The maximum atomic E-state index is 12.8. The summed E-state index contributed by atoms with van der Waals surface area (Å²) in [5, 5.41) is 5.86. The van der Waals surface area contributed by atoms with E-state index in [9.17, 15) is 9.59 Å². The van der Waals surface area contributed by atoms with Crippen molar-refractivity contribution >= 4 is 17.5 Å². The molecule has 37 heavy (non-hydrogen) atoms. The topological polar surface area (TPSA) is 89.5 Å². The fourth-order valence-corrected chi connectivity index (χ4v) is 3.84. The number of aryl methyl sites for hydroxylation is 1. The van der Waals surface area contributed by atoms with Gasteiger partial charge in [0.25, 0.3) is 5.91 Å². The molecule has 0 saturated heterocycles. The molecule has 0 aliphatic heterocycles. The first kappa shape index (κ1) is 25.4. The molecule has 2 N–H and O–H groups in total. The van der Waals surface area contributed by atoms with Crippen molar-refractivity contribution < 1.29 is 19.1 Å². The Hall–Kier alpha value is -4.65. The number of carbonyl (C=O) groups excluding carboxylic acids is 2. The first-order valence-electron chi connectivity index (χ1n) is 12.0. The van der Waals surface area contributed by atoms with Gasteiger partial charge in [-0.15, -0.1) is 0 Å². The fourth-order valence-electron chi connectivity index (χ4n) is 3.84. The highest BCUT2D eigenvalue weighted by molar-refractivity contribution is 6.03. The number of carbonyl (C=O) groups is 2. The van der Waals surface area contributed by atoms with E-state index in [1.165, 1.54) is 0 Å². The van der Waals surface area contributed by atoms with Crippen LogP contribution in [0, 0.1) is 0 Å². The van der Waals surface area contributed by atoms with Crippen LogP contribution in [0.4, 0.5) is 5.69 Å². The summed E-state index contributed by atoms with van der Waals surface area (Å²) < 4.78 is 10.3. The van der Waals surface area contributed by atoms with Crippen molar-refractivity contribution in [1.29, 1.82) is 0 Å². The molecular formula is C30H29N3O4. The number of anilines is 1. The van der Waals surface area contributed by atoms with Gasteiger partial charge in [-0.2, -0.15) is 0 Å². The minimum atomic E-state index is -0.309. The van der Waals surface area contributed by atoms with Gasteiger partial charge in [-0.05, 0) is 66.1 Å². The summed E-state index contributed by atoms with van der Waals surface area (Å²) in [5.74, 6) is 1.16. The number of amides is 2. The van der Waals surface area contributed by atoms with Crippen molar-refractivity contribution in [2.24, 2.45) is 0 Å². The van der Waals surface area contributed by atoms with Gasteiger partial charge in [-0.3, -0.25) is 9.59 Å². The molecule has 0 fully saturated rings. The van der Waals surface area contributed by atoms with Crippen molar-refractivity contribution in [3.63, 3.8) is 0 Å². The average molecular weight is 496 g/mol. The Morgan fingerprint density at radius 1 is 0.784 bits per heavy atom. The summed E-state index contributed by atoms with van der Waals surface area (Å²) in [4.78, 5) is 29.9. The van der Waals surface area contributed by atoms with E-state index < -0.39 is 0 Å².